The molecular formula is C16H21NO2. The number of carbonyl (C=O) groups excluding carboxylic acids is 1. The summed E-state index contributed by atoms with van der Waals surface area (Å²) in [5, 5.41) is 8.98. The molecule has 0 unspecified atom stereocenters. The van der Waals surface area contributed by atoms with E-state index in [-0.39, 0.29) is 12.5 Å². The van der Waals surface area contributed by atoms with Crippen molar-refractivity contribution in [3.63, 3.8) is 0 Å². The van der Waals surface area contributed by atoms with E-state index in [1.54, 1.807) is 6.08 Å². The Morgan fingerprint density at radius 3 is 2.89 bits per heavy atom. The normalized spacial score (nSPS) is 19.8. The lowest BCUT2D eigenvalue weighted by molar-refractivity contribution is -0.127. The van der Waals surface area contributed by atoms with Gasteiger partial charge in [-0.25, -0.2) is 0 Å². The van der Waals surface area contributed by atoms with Crippen LogP contribution in [0.15, 0.2) is 36.4 Å². The molecule has 1 N–H and O–H groups in total. The largest absolute Gasteiger partial charge is 0.396 e. The van der Waals surface area contributed by atoms with E-state index >= 15 is 0 Å². The summed E-state index contributed by atoms with van der Waals surface area (Å²) in [7, 11) is 0. The summed E-state index contributed by atoms with van der Waals surface area (Å²) in [6.45, 7) is 1.82. The van der Waals surface area contributed by atoms with Gasteiger partial charge < -0.3 is 10.0 Å². The molecule has 0 aromatic heterocycles. The predicted molar refractivity (Wildman–Crippen MR) is 76.5 cm³/mol. The molecule has 3 nitrogen and oxygen atoms in total. The Kier molecular flexibility index (Phi) is 5.16. The van der Waals surface area contributed by atoms with E-state index in [1.165, 1.54) is 0 Å². The van der Waals surface area contributed by atoms with Gasteiger partial charge in [0.1, 0.15) is 0 Å². The van der Waals surface area contributed by atoms with Crippen molar-refractivity contribution in [1.29, 1.82) is 0 Å². The standard InChI is InChI=1S/C16H21NO2/c18-12-10-15-7-4-11-17(13-15)16(19)9-8-14-5-2-1-3-6-14/h1-3,5-6,8-9,15,18H,4,7,10-13H2/b9-8+/t15-/m0/s1. The molecule has 19 heavy (non-hydrogen) atoms. The van der Waals surface area contributed by atoms with E-state index < -0.39 is 0 Å². The topological polar surface area (TPSA) is 40.5 Å². The van der Waals surface area contributed by atoms with Crippen LogP contribution in [-0.2, 0) is 4.79 Å². The van der Waals surface area contributed by atoms with Gasteiger partial charge in [0.2, 0.25) is 5.91 Å². The SMILES string of the molecule is O=C(/C=C/c1ccccc1)N1CCC[C@@H](CCO)C1. The van der Waals surface area contributed by atoms with Gasteiger partial charge in [-0.05, 0) is 36.8 Å². The van der Waals surface area contributed by atoms with Crippen LogP contribution in [0.5, 0.6) is 0 Å². The summed E-state index contributed by atoms with van der Waals surface area (Å²) >= 11 is 0. The van der Waals surface area contributed by atoms with Gasteiger partial charge in [0, 0.05) is 25.8 Å². The smallest absolute Gasteiger partial charge is 0.246 e. The lowest BCUT2D eigenvalue weighted by Crippen LogP contribution is -2.39. The first kappa shape index (κ1) is 13.8. The van der Waals surface area contributed by atoms with Crippen molar-refractivity contribution in [2.75, 3.05) is 19.7 Å². The lowest BCUT2D eigenvalue weighted by Gasteiger charge is -2.31. The van der Waals surface area contributed by atoms with Gasteiger partial charge in [-0.2, -0.15) is 0 Å². The summed E-state index contributed by atoms with van der Waals surface area (Å²) in [4.78, 5) is 14.0. The van der Waals surface area contributed by atoms with Crippen molar-refractivity contribution in [1.82, 2.24) is 4.90 Å². The van der Waals surface area contributed by atoms with E-state index in [0.29, 0.717) is 5.92 Å². The van der Waals surface area contributed by atoms with Crippen LogP contribution in [0.3, 0.4) is 0 Å². The fourth-order valence-corrected chi connectivity index (χ4v) is 2.52. The Morgan fingerprint density at radius 2 is 2.16 bits per heavy atom. The van der Waals surface area contributed by atoms with Crippen molar-refractivity contribution < 1.29 is 9.90 Å². The summed E-state index contributed by atoms with van der Waals surface area (Å²) < 4.78 is 0. The number of hydrogen-bond donors (Lipinski definition) is 1. The first-order chi connectivity index (χ1) is 9.29. The molecule has 3 heteroatoms. The molecule has 1 heterocycles. The zero-order valence-electron chi connectivity index (χ0n) is 11.2. The molecule has 0 bridgehead atoms. The molecule has 1 saturated heterocycles. The second kappa shape index (κ2) is 7.10. The molecule has 1 aromatic rings. The van der Waals surface area contributed by atoms with Gasteiger partial charge in [0.15, 0.2) is 0 Å². The Labute approximate surface area is 114 Å². The minimum Gasteiger partial charge on any atom is -0.396 e. The number of benzene rings is 1. The van der Waals surface area contributed by atoms with Crippen LogP contribution >= 0.6 is 0 Å². The van der Waals surface area contributed by atoms with Crippen LogP contribution in [0.2, 0.25) is 0 Å². The van der Waals surface area contributed by atoms with Crippen molar-refractivity contribution in [2.45, 2.75) is 19.3 Å². The van der Waals surface area contributed by atoms with Crippen molar-refractivity contribution in [3.8, 4) is 0 Å². The average molecular weight is 259 g/mol. The fraction of sp³-hybridized carbons (Fsp3) is 0.438. The third-order valence-electron chi connectivity index (χ3n) is 3.59. The number of aliphatic hydroxyl groups is 1. The molecule has 1 aliphatic rings. The number of nitrogens with zero attached hydrogens (tertiary/aromatic N) is 1. The van der Waals surface area contributed by atoms with Crippen molar-refractivity contribution >= 4 is 12.0 Å². The monoisotopic (exact) mass is 259 g/mol. The van der Waals surface area contributed by atoms with Gasteiger partial charge in [-0.3, -0.25) is 4.79 Å². The summed E-state index contributed by atoms with van der Waals surface area (Å²) in [6, 6.07) is 9.84. The number of amides is 1. The van der Waals surface area contributed by atoms with Gasteiger partial charge in [-0.1, -0.05) is 30.3 Å². The molecular weight excluding hydrogens is 238 g/mol. The van der Waals surface area contributed by atoms with E-state index in [1.807, 2.05) is 41.3 Å². The maximum Gasteiger partial charge on any atom is 0.246 e. The molecule has 1 fully saturated rings. The molecule has 1 amide bonds. The molecule has 0 aliphatic carbocycles. The highest BCUT2D eigenvalue weighted by Crippen LogP contribution is 2.19. The van der Waals surface area contributed by atoms with Gasteiger partial charge in [-0.15, -0.1) is 0 Å². The minimum atomic E-state index is 0.0755. The Morgan fingerprint density at radius 1 is 1.37 bits per heavy atom. The van der Waals surface area contributed by atoms with Crippen LogP contribution in [0.4, 0.5) is 0 Å². The number of carbonyl (C=O) groups is 1. The highest BCUT2D eigenvalue weighted by molar-refractivity contribution is 5.91. The van der Waals surface area contributed by atoms with Crippen molar-refractivity contribution in [2.24, 2.45) is 5.92 Å². The zero-order valence-corrected chi connectivity index (χ0v) is 11.2. The lowest BCUT2D eigenvalue weighted by atomic mass is 9.95. The first-order valence-electron chi connectivity index (χ1n) is 6.92. The van der Waals surface area contributed by atoms with Crippen LogP contribution in [0, 0.1) is 5.92 Å². The summed E-state index contributed by atoms with van der Waals surface area (Å²) in [5.74, 6) is 0.527. The van der Waals surface area contributed by atoms with Gasteiger partial charge >= 0.3 is 0 Å². The van der Waals surface area contributed by atoms with Crippen LogP contribution in [-0.4, -0.2) is 35.6 Å². The van der Waals surface area contributed by atoms with Gasteiger partial charge in [0.05, 0.1) is 0 Å². The molecule has 1 atom stereocenters. The van der Waals surface area contributed by atoms with Gasteiger partial charge in [0.25, 0.3) is 0 Å². The summed E-state index contributed by atoms with van der Waals surface area (Å²) in [5.41, 5.74) is 1.04. The number of likely N-dealkylation sites (tertiary alicyclic amines) is 1. The maximum absolute atomic E-state index is 12.1. The molecule has 0 spiro atoms. The van der Waals surface area contributed by atoms with E-state index in [0.717, 1.165) is 37.9 Å². The number of hydrogen-bond acceptors (Lipinski definition) is 2. The fourth-order valence-electron chi connectivity index (χ4n) is 2.52. The molecule has 0 radical (unpaired) electrons. The molecule has 0 saturated carbocycles. The van der Waals surface area contributed by atoms with Crippen LogP contribution in [0.1, 0.15) is 24.8 Å². The third-order valence-corrected chi connectivity index (χ3v) is 3.59. The third kappa shape index (κ3) is 4.21. The Bertz CT molecular complexity index is 426. The Balaban J connectivity index is 1.90. The van der Waals surface area contributed by atoms with Crippen molar-refractivity contribution in [3.05, 3.63) is 42.0 Å². The molecule has 1 aromatic carbocycles. The molecule has 1 aliphatic heterocycles. The van der Waals surface area contributed by atoms with Crippen LogP contribution < -0.4 is 0 Å². The number of aliphatic hydroxyl groups excluding tert-OH is 1. The second-order valence-electron chi connectivity index (χ2n) is 5.05. The van der Waals surface area contributed by atoms with E-state index in [2.05, 4.69) is 0 Å². The average Bonchev–Trinajstić information content (AvgIpc) is 2.46. The second-order valence-corrected chi connectivity index (χ2v) is 5.05. The van der Waals surface area contributed by atoms with Crippen LogP contribution in [0.25, 0.3) is 6.08 Å². The summed E-state index contributed by atoms with van der Waals surface area (Å²) in [6.07, 6.45) is 6.46. The zero-order chi connectivity index (χ0) is 13.5. The van der Waals surface area contributed by atoms with E-state index in [9.17, 15) is 4.79 Å². The minimum absolute atomic E-state index is 0.0755. The Hall–Kier alpha value is -1.61. The van der Waals surface area contributed by atoms with E-state index in [4.69, 9.17) is 5.11 Å². The predicted octanol–water partition coefficient (Wildman–Crippen LogP) is 2.32. The molecule has 2 rings (SSSR count). The quantitative estimate of drug-likeness (QED) is 0.843. The highest BCUT2D eigenvalue weighted by Gasteiger charge is 2.21. The number of piperidine rings is 1. The number of rotatable bonds is 4. The highest BCUT2D eigenvalue weighted by atomic mass is 16.3. The molecule has 102 valence electrons. The maximum atomic E-state index is 12.1. The first-order valence-corrected chi connectivity index (χ1v) is 6.92.